The third-order valence-electron chi connectivity index (χ3n) is 6.06. The van der Waals surface area contributed by atoms with Crippen molar-refractivity contribution >= 4 is 16.7 Å². The van der Waals surface area contributed by atoms with Gasteiger partial charge in [-0.25, -0.2) is 0 Å². The summed E-state index contributed by atoms with van der Waals surface area (Å²) >= 11 is 0. The van der Waals surface area contributed by atoms with Gasteiger partial charge >= 0.3 is 0 Å². The summed E-state index contributed by atoms with van der Waals surface area (Å²) in [5, 5.41) is 2.33. The number of fused-ring (bicyclic) bond motifs is 1. The van der Waals surface area contributed by atoms with Crippen LogP contribution in [-0.2, 0) is 6.61 Å². The van der Waals surface area contributed by atoms with E-state index in [4.69, 9.17) is 9.15 Å². The second-order valence-corrected chi connectivity index (χ2v) is 8.45. The SMILES string of the molecule is O=C(c1ccc(COc2ccc3ccccc3c2)o1)N1CCCN(CC2CC2)CC1. The van der Waals surface area contributed by atoms with Crippen molar-refractivity contribution in [1.29, 1.82) is 0 Å². The Balaban J connectivity index is 1.17. The van der Waals surface area contributed by atoms with Gasteiger partial charge in [-0.2, -0.15) is 0 Å². The topological polar surface area (TPSA) is 45.9 Å². The fraction of sp³-hybridized carbons (Fsp3) is 0.400. The summed E-state index contributed by atoms with van der Waals surface area (Å²) < 4.78 is 11.7. The van der Waals surface area contributed by atoms with Crippen molar-refractivity contribution in [2.45, 2.75) is 25.9 Å². The number of rotatable bonds is 6. The van der Waals surface area contributed by atoms with Gasteiger partial charge in [0.05, 0.1) is 0 Å². The lowest BCUT2D eigenvalue weighted by molar-refractivity contribution is 0.0725. The Morgan fingerprint density at radius 1 is 0.967 bits per heavy atom. The number of nitrogens with zero attached hydrogens (tertiary/aromatic N) is 2. The van der Waals surface area contributed by atoms with Crippen molar-refractivity contribution in [3.8, 4) is 5.75 Å². The number of ether oxygens (including phenoxy) is 1. The first-order valence-electron chi connectivity index (χ1n) is 11.0. The van der Waals surface area contributed by atoms with E-state index in [2.05, 4.69) is 17.0 Å². The normalized spacial score (nSPS) is 17.8. The second-order valence-electron chi connectivity index (χ2n) is 8.45. The van der Waals surface area contributed by atoms with Crippen molar-refractivity contribution in [1.82, 2.24) is 9.80 Å². The Hall–Kier alpha value is -2.79. The van der Waals surface area contributed by atoms with Crippen LogP contribution in [0.3, 0.4) is 0 Å². The fourth-order valence-corrected chi connectivity index (χ4v) is 4.16. The predicted octanol–water partition coefficient (Wildman–Crippen LogP) is 4.57. The Bertz CT molecular complexity index is 1020. The summed E-state index contributed by atoms with van der Waals surface area (Å²) in [6.07, 6.45) is 3.77. The minimum absolute atomic E-state index is 0.0137. The molecule has 1 amide bonds. The number of carbonyl (C=O) groups is 1. The van der Waals surface area contributed by atoms with Gasteiger partial charge in [0.15, 0.2) is 5.76 Å². The molecule has 1 aliphatic carbocycles. The number of hydrogen-bond donors (Lipinski definition) is 0. The van der Waals surface area contributed by atoms with Gasteiger partial charge in [-0.1, -0.05) is 30.3 Å². The molecule has 2 aliphatic rings. The molecular weight excluding hydrogens is 376 g/mol. The van der Waals surface area contributed by atoms with Crippen molar-refractivity contribution in [3.63, 3.8) is 0 Å². The lowest BCUT2D eigenvalue weighted by Crippen LogP contribution is -2.35. The quantitative estimate of drug-likeness (QED) is 0.604. The van der Waals surface area contributed by atoms with E-state index in [0.717, 1.165) is 49.7 Å². The van der Waals surface area contributed by atoms with E-state index in [1.165, 1.54) is 24.8 Å². The van der Waals surface area contributed by atoms with E-state index in [1.54, 1.807) is 6.07 Å². The van der Waals surface area contributed by atoms with Crippen LogP contribution in [0.15, 0.2) is 59.0 Å². The molecule has 0 bridgehead atoms. The lowest BCUT2D eigenvalue weighted by atomic mass is 10.1. The predicted molar refractivity (Wildman–Crippen MR) is 117 cm³/mol. The molecule has 2 aromatic carbocycles. The summed E-state index contributed by atoms with van der Waals surface area (Å²) in [4.78, 5) is 17.3. The number of furan rings is 1. The van der Waals surface area contributed by atoms with E-state index >= 15 is 0 Å². The highest BCUT2D eigenvalue weighted by Gasteiger charge is 2.27. The van der Waals surface area contributed by atoms with Crippen LogP contribution in [-0.4, -0.2) is 48.4 Å². The zero-order valence-electron chi connectivity index (χ0n) is 17.3. The average Bonchev–Trinajstić information content (AvgIpc) is 3.52. The second kappa shape index (κ2) is 8.52. The van der Waals surface area contributed by atoms with Crippen molar-refractivity contribution < 1.29 is 13.9 Å². The third-order valence-corrected chi connectivity index (χ3v) is 6.06. The smallest absolute Gasteiger partial charge is 0.289 e. The molecule has 1 aromatic heterocycles. The van der Waals surface area contributed by atoms with Crippen molar-refractivity contribution in [2.24, 2.45) is 5.92 Å². The first-order chi connectivity index (χ1) is 14.7. The van der Waals surface area contributed by atoms with Gasteiger partial charge in [0, 0.05) is 26.2 Å². The van der Waals surface area contributed by atoms with Crippen LogP contribution in [0.2, 0.25) is 0 Å². The molecule has 1 saturated heterocycles. The zero-order chi connectivity index (χ0) is 20.3. The van der Waals surface area contributed by atoms with Gasteiger partial charge in [0.1, 0.15) is 18.1 Å². The molecule has 0 unspecified atom stereocenters. The summed E-state index contributed by atoms with van der Waals surface area (Å²) in [5.41, 5.74) is 0. The molecule has 156 valence electrons. The Kier molecular flexibility index (Phi) is 5.45. The molecule has 0 spiro atoms. The molecule has 2 fully saturated rings. The first kappa shape index (κ1) is 19.2. The molecule has 5 heteroatoms. The minimum Gasteiger partial charge on any atom is -0.486 e. The third kappa shape index (κ3) is 4.51. The molecule has 0 radical (unpaired) electrons. The van der Waals surface area contributed by atoms with Crippen molar-refractivity contribution in [2.75, 3.05) is 32.7 Å². The van der Waals surface area contributed by atoms with Gasteiger partial charge in [-0.15, -0.1) is 0 Å². The lowest BCUT2D eigenvalue weighted by Gasteiger charge is -2.21. The zero-order valence-corrected chi connectivity index (χ0v) is 17.3. The van der Waals surface area contributed by atoms with E-state index in [0.29, 0.717) is 18.1 Å². The van der Waals surface area contributed by atoms with Gasteiger partial charge < -0.3 is 19.0 Å². The van der Waals surface area contributed by atoms with E-state index in [9.17, 15) is 4.79 Å². The molecule has 1 saturated carbocycles. The number of amides is 1. The Labute approximate surface area is 177 Å². The van der Waals surface area contributed by atoms with E-state index in [1.807, 2.05) is 41.3 Å². The van der Waals surface area contributed by atoms with Crippen LogP contribution in [0.1, 0.15) is 35.6 Å². The van der Waals surface area contributed by atoms with Crippen LogP contribution in [0, 0.1) is 5.92 Å². The minimum atomic E-state index is -0.0137. The number of benzene rings is 2. The highest BCUT2D eigenvalue weighted by Crippen LogP contribution is 2.30. The summed E-state index contributed by atoms with van der Waals surface area (Å²) in [7, 11) is 0. The maximum absolute atomic E-state index is 12.9. The first-order valence-corrected chi connectivity index (χ1v) is 11.0. The highest BCUT2D eigenvalue weighted by atomic mass is 16.5. The van der Waals surface area contributed by atoms with Gasteiger partial charge in [-0.05, 0) is 66.8 Å². The molecule has 5 rings (SSSR count). The van der Waals surface area contributed by atoms with Gasteiger partial charge in [-0.3, -0.25) is 4.79 Å². The average molecular weight is 405 g/mol. The molecule has 30 heavy (non-hydrogen) atoms. The molecule has 1 aliphatic heterocycles. The van der Waals surface area contributed by atoms with E-state index < -0.39 is 0 Å². The summed E-state index contributed by atoms with van der Waals surface area (Å²) in [6, 6.07) is 17.8. The Morgan fingerprint density at radius 3 is 2.70 bits per heavy atom. The van der Waals surface area contributed by atoms with Crippen LogP contribution >= 0.6 is 0 Å². The summed E-state index contributed by atoms with van der Waals surface area (Å²) in [6.45, 7) is 5.11. The fourth-order valence-electron chi connectivity index (χ4n) is 4.16. The molecule has 0 atom stereocenters. The monoisotopic (exact) mass is 404 g/mol. The molecule has 5 nitrogen and oxygen atoms in total. The van der Waals surface area contributed by atoms with Crippen LogP contribution in [0.4, 0.5) is 0 Å². The van der Waals surface area contributed by atoms with Crippen molar-refractivity contribution in [3.05, 3.63) is 66.1 Å². The highest BCUT2D eigenvalue weighted by molar-refractivity contribution is 5.91. The van der Waals surface area contributed by atoms with Crippen LogP contribution < -0.4 is 4.74 Å². The molecule has 0 N–H and O–H groups in total. The molecule has 2 heterocycles. The standard InChI is InChI=1S/C25H28N2O3/c28-25(27-13-3-12-26(14-15-27)17-19-6-7-19)24-11-10-23(30-24)18-29-22-9-8-20-4-1-2-5-21(20)16-22/h1-2,4-5,8-11,16,19H,3,6-7,12-15,17-18H2. The maximum atomic E-state index is 12.9. The maximum Gasteiger partial charge on any atom is 0.289 e. The largest absolute Gasteiger partial charge is 0.486 e. The summed E-state index contributed by atoms with van der Waals surface area (Å²) in [5.74, 6) is 2.74. The van der Waals surface area contributed by atoms with Crippen LogP contribution in [0.5, 0.6) is 5.75 Å². The van der Waals surface area contributed by atoms with Gasteiger partial charge in [0.2, 0.25) is 0 Å². The van der Waals surface area contributed by atoms with E-state index in [-0.39, 0.29) is 5.91 Å². The molecular formula is C25H28N2O3. The molecule has 3 aromatic rings. The van der Waals surface area contributed by atoms with Gasteiger partial charge in [0.25, 0.3) is 5.91 Å². The van der Waals surface area contributed by atoms with Crippen LogP contribution in [0.25, 0.3) is 10.8 Å². The Morgan fingerprint density at radius 2 is 1.83 bits per heavy atom. The number of carbonyl (C=O) groups excluding carboxylic acids is 1. The number of hydrogen-bond acceptors (Lipinski definition) is 4.